The van der Waals surface area contributed by atoms with Crippen LogP contribution in [0.15, 0.2) is 188 Å². The number of hydrogen-bond acceptors (Lipinski definition) is 8. The van der Waals surface area contributed by atoms with Crippen LogP contribution in [0.4, 0.5) is 30.2 Å². The number of nitrogen functional groups attached to an aromatic ring is 2. The molecule has 0 fully saturated rings. The lowest BCUT2D eigenvalue weighted by Crippen LogP contribution is -2.07. The Hall–Kier alpha value is -8.74. The maximum atomic E-state index is 12.5. The largest absolute Gasteiger partial charge is 0.508 e. The molecule has 0 atom stereocenters. The van der Waals surface area contributed by atoms with Gasteiger partial charge in [0.25, 0.3) is 0 Å². The first kappa shape index (κ1) is 82.3. The van der Waals surface area contributed by atoms with Crippen LogP contribution in [0, 0.1) is 121 Å². The Bertz CT molecular complexity index is 3480. The third-order valence-corrected chi connectivity index (χ3v) is 14.0. The van der Waals surface area contributed by atoms with E-state index in [2.05, 4.69) is 114 Å². The van der Waals surface area contributed by atoms with Gasteiger partial charge in [-0.2, -0.15) is 0 Å². The van der Waals surface area contributed by atoms with Gasteiger partial charge in [-0.15, -0.1) is 0 Å². The minimum atomic E-state index is -0.791. The monoisotopic (exact) mass is 1330 g/mol. The molecule has 93 heavy (non-hydrogen) atoms. The zero-order valence-corrected chi connectivity index (χ0v) is 59.7. The molecule has 10 rings (SSSR count). The van der Waals surface area contributed by atoms with Crippen molar-refractivity contribution in [3.8, 4) is 28.7 Å². The van der Waals surface area contributed by atoms with Gasteiger partial charge in [0.15, 0.2) is 11.6 Å². The Morgan fingerprint density at radius 2 is 0.677 bits per heavy atom. The van der Waals surface area contributed by atoms with Crippen LogP contribution in [0.5, 0.6) is 28.7 Å². The number of aromatic hydroxyl groups is 3. The third kappa shape index (κ3) is 34.5. The Balaban J connectivity index is 0.000000517. The minimum absolute atomic E-state index is 0.141. The summed E-state index contributed by atoms with van der Waals surface area (Å²) < 4.78 is 47.0. The van der Waals surface area contributed by atoms with Crippen molar-refractivity contribution in [3.05, 3.63) is 304 Å². The zero-order valence-electron chi connectivity index (χ0n) is 57.4. The highest BCUT2D eigenvalue weighted by Crippen LogP contribution is 2.29. The van der Waals surface area contributed by atoms with Crippen molar-refractivity contribution in [3.63, 3.8) is 0 Å². The van der Waals surface area contributed by atoms with Gasteiger partial charge in [0, 0.05) is 19.8 Å². The number of phenols is 3. The van der Waals surface area contributed by atoms with Crippen LogP contribution in [0.1, 0.15) is 83.5 Å². The molecule has 0 aromatic heterocycles. The number of rotatable bonds is 3. The quantitative estimate of drug-likeness (QED) is 0.110. The number of ether oxygens (including phenoxy) is 2. The van der Waals surface area contributed by atoms with E-state index >= 15 is 0 Å². The van der Waals surface area contributed by atoms with Crippen molar-refractivity contribution in [1.29, 1.82) is 0 Å². The summed E-state index contributed by atoms with van der Waals surface area (Å²) >= 11 is 17.0. The van der Waals surface area contributed by atoms with Crippen molar-refractivity contribution in [2.45, 2.75) is 104 Å². The number of aryl methyl sites for hydroxylation is 15. The van der Waals surface area contributed by atoms with E-state index in [4.69, 9.17) is 66.0 Å². The van der Waals surface area contributed by atoms with Gasteiger partial charge >= 0.3 is 0 Å². The van der Waals surface area contributed by atoms with Crippen molar-refractivity contribution in [1.82, 2.24) is 0 Å². The maximum absolute atomic E-state index is 12.5. The molecule has 0 heterocycles. The molecular formula is C79H95Cl3F3N3O5. The molecule has 10 aromatic carbocycles. The van der Waals surface area contributed by atoms with Crippen LogP contribution in [-0.4, -0.2) is 43.6 Å². The van der Waals surface area contributed by atoms with E-state index in [1.165, 1.54) is 67.9 Å². The van der Waals surface area contributed by atoms with Crippen LogP contribution >= 0.6 is 34.8 Å². The second-order valence-electron chi connectivity index (χ2n) is 22.5. The lowest BCUT2D eigenvalue weighted by molar-refractivity contribution is 0.408. The molecular weight excluding hydrogens is 1230 g/mol. The Morgan fingerprint density at radius 1 is 0.344 bits per heavy atom. The van der Waals surface area contributed by atoms with Gasteiger partial charge in [0.2, 0.25) is 0 Å². The van der Waals surface area contributed by atoms with E-state index in [9.17, 15) is 18.3 Å². The first-order chi connectivity index (χ1) is 43.6. The maximum Gasteiger partial charge on any atom is 0.159 e. The van der Waals surface area contributed by atoms with Gasteiger partial charge in [0.1, 0.15) is 34.6 Å². The van der Waals surface area contributed by atoms with Crippen LogP contribution in [0.2, 0.25) is 15.1 Å². The van der Waals surface area contributed by atoms with Gasteiger partial charge in [-0.1, -0.05) is 177 Å². The van der Waals surface area contributed by atoms with Gasteiger partial charge in [-0.05, 0) is 233 Å². The lowest BCUT2D eigenvalue weighted by Gasteiger charge is -2.11. The van der Waals surface area contributed by atoms with Crippen molar-refractivity contribution in [2.24, 2.45) is 0 Å². The Morgan fingerprint density at radius 3 is 1.02 bits per heavy atom. The van der Waals surface area contributed by atoms with Crippen molar-refractivity contribution < 1.29 is 38.0 Å². The summed E-state index contributed by atoms with van der Waals surface area (Å²) in [4.78, 5) is 2.10. The molecule has 0 unspecified atom stereocenters. The molecule has 0 aliphatic carbocycles. The molecule has 0 aliphatic heterocycles. The van der Waals surface area contributed by atoms with Crippen molar-refractivity contribution >= 4 is 51.9 Å². The Kier molecular flexibility index (Phi) is 38.2. The number of halogens is 6. The summed E-state index contributed by atoms with van der Waals surface area (Å²) in [6.45, 7) is 29.8. The molecule has 0 radical (unpaired) electrons. The fourth-order valence-corrected chi connectivity index (χ4v) is 8.75. The number of nitrogens with zero attached hydrogens (tertiary/aromatic N) is 1. The van der Waals surface area contributed by atoms with Gasteiger partial charge < -0.3 is 41.2 Å². The van der Waals surface area contributed by atoms with Gasteiger partial charge in [0.05, 0.1) is 40.7 Å². The number of methoxy groups -OCH3 is 2. The first-order valence-electron chi connectivity index (χ1n) is 29.7. The second kappa shape index (κ2) is 43.2. The zero-order chi connectivity index (χ0) is 70.7. The lowest BCUT2D eigenvalue weighted by atomic mass is 10.1. The highest BCUT2D eigenvalue weighted by molar-refractivity contribution is 6.38. The second-order valence-corrected chi connectivity index (χ2v) is 23.7. The topological polar surface area (TPSA) is 134 Å². The fraction of sp³-hybridized carbons (Fsp3) is 0.241. The van der Waals surface area contributed by atoms with Crippen LogP contribution < -0.4 is 25.8 Å². The number of benzene rings is 10. The summed E-state index contributed by atoms with van der Waals surface area (Å²) in [6.07, 6.45) is 0. The van der Waals surface area contributed by atoms with E-state index in [1.54, 1.807) is 75.7 Å². The van der Waals surface area contributed by atoms with E-state index in [1.807, 2.05) is 111 Å². The highest BCUT2D eigenvalue weighted by Gasteiger charge is 2.04. The smallest absolute Gasteiger partial charge is 0.159 e. The average Bonchev–Trinajstić information content (AvgIpc) is 2.35. The first-order valence-corrected chi connectivity index (χ1v) is 30.8. The van der Waals surface area contributed by atoms with E-state index < -0.39 is 11.6 Å². The van der Waals surface area contributed by atoms with E-state index in [0.717, 1.165) is 57.0 Å². The molecule has 7 N–H and O–H groups in total. The molecule has 10 aromatic rings. The Labute approximate surface area is 567 Å². The third-order valence-electron chi connectivity index (χ3n) is 13.1. The molecule has 498 valence electrons. The summed E-state index contributed by atoms with van der Waals surface area (Å²) in [6, 6.07) is 57.4. The van der Waals surface area contributed by atoms with E-state index in [-0.39, 0.29) is 17.3 Å². The molecule has 0 amide bonds. The SMILES string of the molecule is COc1c(C)cc(C)cc1C.COc1ccc(C)cc1.Cc1cc(C)c(O)c(C)c1.Cc1cc(Cl)c(N)c(Cl)c1.Cc1ccc(C)cc1.Cc1ccc(F)c(F)c1.Cc1ccc(N(C)C)cc1.Cc1ccc(N)c(F)c1.Cc1ccc(O)c(Cl)c1.Cc1ccc(O)cc1. The summed E-state index contributed by atoms with van der Waals surface area (Å²) in [5.41, 5.74) is 29.5. The van der Waals surface area contributed by atoms with Crippen molar-refractivity contribution in [2.75, 3.05) is 44.7 Å². The minimum Gasteiger partial charge on any atom is -0.508 e. The number of phenolic OH excluding ortho intramolecular Hbond substituents is 3. The standard InChI is InChI=1S/C10H14O.C9H13N.C9H12O.C8H10O.C8H10.C7H7Cl2N.C7H7ClO.C7H6F2.C7H8FN.C7H8O/c1-7-5-8(2)10(11-4)9(3)6-7;1-8-4-6-9(7-5-8)10(2)3;1-6-4-7(2)9(10)8(3)5-6;1-7-3-5-8(9-2)6-4-7;1-7-3-5-8(2)6-4-7;1-4-2-5(8)7(10)6(9)3-4;1-5-2-3-7(9)6(8)4-5;1-5-2-3-6(8)7(9)4-5;1-5-2-3-7(9)6(8)4-5;1-6-2-4-7(8)5-3-6/h5-6H,1-4H3;4-7H,1-3H3;4-5,10H,1-3H3;3-6H,1-2H3;3-6H,1-2H3;2-3H,10H2,1H3;2-4,9H,1H3;2-4H,1H3;2-4H,9H2,1H3;2-5,8H,1H3. The predicted octanol–water partition coefficient (Wildman–Crippen LogP) is 22.2. The molecule has 0 saturated carbocycles. The van der Waals surface area contributed by atoms with Gasteiger partial charge in [-0.25, -0.2) is 13.2 Å². The molecule has 0 bridgehead atoms. The highest BCUT2D eigenvalue weighted by atomic mass is 35.5. The van der Waals surface area contributed by atoms with Crippen LogP contribution in [0.3, 0.4) is 0 Å². The number of nitrogens with two attached hydrogens (primary N) is 2. The number of hydrogen-bond donors (Lipinski definition) is 5. The summed E-state index contributed by atoms with van der Waals surface area (Å²) in [5, 5.41) is 28.4. The predicted molar refractivity (Wildman–Crippen MR) is 392 cm³/mol. The molecule has 8 nitrogen and oxygen atoms in total. The normalized spacial score (nSPS) is 9.56. The summed E-state index contributed by atoms with van der Waals surface area (Å²) in [7, 11) is 7.48. The number of anilines is 3. The average molecular weight is 1330 g/mol. The molecule has 0 aliphatic rings. The summed E-state index contributed by atoms with van der Waals surface area (Å²) in [5.74, 6) is 0.908. The molecule has 0 spiro atoms. The van der Waals surface area contributed by atoms with Gasteiger partial charge in [-0.3, -0.25) is 0 Å². The molecule has 14 heteroatoms. The van der Waals surface area contributed by atoms with Crippen LogP contribution in [-0.2, 0) is 0 Å². The van der Waals surface area contributed by atoms with Crippen LogP contribution in [0.25, 0.3) is 0 Å². The van der Waals surface area contributed by atoms with E-state index in [0.29, 0.717) is 32.3 Å². The fourth-order valence-electron chi connectivity index (χ4n) is 7.92. The molecule has 0 saturated heterocycles.